The van der Waals surface area contributed by atoms with Crippen LogP contribution in [0.2, 0.25) is 5.02 Å². The van der Waals surface area contributed by atoms with E-state index in [1.807, 2.05) is 24.3 Å². The first-order valence-corrected chi connectivity index (χ1v) is 6.03. The fraction of sp³-hybridized carbons (Fsp3) is 0.417. The lowest BCUT2D eigenvalue weighted by molar-refractivity contribution is 0.269. The Labute approximate surface area is 107 Å². The van der Waals surface area contributed by atoms with E-state index in [4.69, 9.17) is 29.6 Å². The Morgan fingerprint density at radius 3 is 2.50 bits per heavy atom. The van der Waals surface area contributed by atoms with E-state index in [0.717, 1.165) is 18.0 Å². The van der Waals surface area contributed by atoms with Gasteiger partial charge in [-0.2, -0.15) is 0 Å². The molecule has 1 rings (SSSR count). The summed E-state index contributed by atoms with van der Waals surface area (Å²) in [4.78, 5) is 2.79. The van der Waals surface area contributed by atoms with Crippen LogP contribution in [-0.2, 0) is 0 Å². The van der Waals surface area contributed by atoms with Crippen molar-refractivity contribution < 1.29 is 0 Å². The van der Waals surface area contributed by atoms with Crippen LogP contribution in [0.3, 0.4) is 0 Å². The Bertz CT molecular complexity index is 351. The highest BCUT2D eigenvalue weighted by molar-refractivity contribution is 7.80. The Balaban J connectivity index is 2.59. The molecule has 0 aliphatic carbocycles. The lowest BCUT2D eigenvalue weighted by Gasteiger charge is -2.24. The van der Waals surface area contributed by atoms with Crippen molar-refractivity contribution in [2.75, 3.05) is 13.6 Å². The highest BCUT2D eigenvalue weighted by atomic mass is 35.5. The molecular formula is C12H17ClN2S. The predicted molar refractivity (Wildman–Crippen MR) is 73.9 cm³/mol. The van der Waals surface area contributed by atoms with Crippen molar-refractivity contribution in [2.24, 2.45) is 5.73 Å². The summed E-state index contributed by atoms with van der Waals surface area (Å²) in [6, 6.07) is 8.25. The molecule has 0 aliphatic rings. The molecule has 2 nitrogen and oxygen atoms in total. The molecule has 0 aliphatic heterocycles. The Kier molecular flexibility index (Phi) is 5.19. The van der Waals surface area contributed by atoms with E-state index in [0.29, 0.717) is 11.0 Å². The maximum absolute atomic E-state index is 5.85. The molecular weight excluding hydrogens is 240 g/mol. The van der Waals surface area contributed by atoms with Gasteiger partial charge in [0.15, 0.2) is 0 Å². The van der Waals surface area contributed by atoms with E-state index in [9.17, 15) is 0 Å². The Morgan fingerprint density at radius 1 is 1.44 bits per heavy atom. The lowest BCUT2D eigenvalue weighted by Crippen LogP contribution is -2.26. The summed E-state index contributed by atoms with van der Waals surface area (Å²) in [7, 11) is 2.07. The van der Waals surface area contributed by atoms with Crippen molar-refractivity contribution in [3.05, 3.63) is 34.9 Å². The van der Waals surface area contributed by atoms with Gasteiger partial charge >= 0.3 is 0 Å². The van der Waals surface area contributed by atoms with Crippen LogP contribution in [-0.4, -0.2) is 23.5 Å². The van der Waals surface area contributed by atoms with Gasteiger partial charge in [0.1, 0.15) is 0 Å². The predicted octanol–water partition coefficient (Wildman–Crippen LogP) is 3.01. The van der Waals surface area contributed by atoms with Crippen molar-refractivity contribution in [3.8, 4) is 0 Å². The molecule has 1 unspecified atom stereocenters. The van der Waals surface area contributed by atoms with Gasteiger partial charge in [0.2, 0.25) is 0 Å². The van der Waals surface area contributed by atoms with Gasteiger partial charge in [-0.15, -0.1) is 0 Å². The molecule has 0 bridgehead atoms. The summed E-state index contributed by atoms with van der Waals surface area (Å²) >= 11 is 10.7. The monoisotopic (exact) mass is 256 g/mol. The first-order valence-electron chi connectivity index (χ1n) is 5.24. The summed E-state index contributed by atoms with van der Waals surface area (Å²) in [5.41, 5.74) is 6.73. The zero-order valence-electron chi connectivity index (χ0n) is 9.61. The molecule has 0 saturated heterocycles. The minimum Gasteiger partial charge on any atom is -0.393 e. The van der Waals surface area contributed by atoms with Crippen molar-refractivity contribution in [3.63, 3.8) is 0 Å². The molecule has 1 aromatic rings. The maximum Gasteiger partial charge on any atom is 0.0740 e. The highest BCUT2D eigenvalue weighted by Crippen LogP contribution is 2.20. The van der Waals surface area contributed by atoms with Crippen LogP contribution in [0.1, 0.15) is 24.9 Å². The quantitative estimate of drug-likeness (QED) is 0.822. The van der Waals surface area contributed by atoms with Crippen LogP contribution in [0.25, 0.3) is 0 Å². The third-order valence-electron chi connectivity index (χ3n) is 2.72. The first kappa shape index (κ1) is 13.4. The fourth-order valence-corrected chi connectivity index (χ4v) is 1.69. The Hall–Kier alpha value is -0.640. The molecule has 0 fully saturated rings. The third-order valence-corrected chi connectivity index (χ3v) is 3.18. The molecule has 0 aromatic heterocycles. The van der Waals surface area contributed by atoms with Gasteiger partial charge in [0, 0.05) is 24.0 Å². The molecule has 0 saturated carbocycles. The van der Waals surface area contributed by atoms with Gasteiger partial charge in [-0.3, -0.25) is 4.90 Å². The van der Waals surface area contributed by atoms with E-state index < -0.39 is 0 Å². The topological polar surface area (TPSA) is 29.3 Å². The van der Waals surface area contributed by atoms with Crippen molar-refractivity contribution in [1.82, 2.24) is 4.90 Å². The standard InChI is InChI=1S/C12H17ClN2S/c1-9(15(2)8-7-12(14)16)10-3-5-11(13)6-4-10/h3-6,9H,7-8H2,1-2H3,(H2,14,16). The summed E-state index contributed by atoms with van der Waals surface area (Å²) in [6.45, 7) is 3.03. The average molecular weight is 257 g/mol. The van der Waals surface area contributed by atoms with Crippen LogP contribution >= 0.6 is 23.8 Å². The third kappa shape index (κ3) is 4.08. The highest BCUT2D eigenvalue weighted by Gasteiger charge is 2.11. The van der Waals surface area contributed by atoms with Gasteiger partial charge in [0.05, 0.1) is 4.99 Å². The Morgan fingerprint density at radius 2 is 2.00 bits per heavy atom. The normalized spacial score (nSPS) is 12.8. The number of hydrogen-bond acceptors (Lipinski definition) is 2. The molecule has 2 N–H and O–H groups in total. The number of thiocarbonyl (C=S) groups is 1. The molecule has 0 radical (unpaired) electrons. The molecule has 4 heteroatoms. The van der Waals surface area contributed by atoms with Gasteiger partial charge in [-0.05, 0) is 31.7 Å². The van der Waals surface area contributed by atoms with Crippen LogP contribution in [0, 0.1) is 0 Å². The number of rotatable bonds is 5. The summed E-state index contributed by atoms with van der Waals surface area (Å²) in [5.74, 6) is 0. The number of hydrogen-bond donors (Lipinski definition) is 1. The van der Waals surface area contributed by atoms with Crippen LogP contribution in [0.5, 0.6) is 0 Å². The van der Waals surface area contributed by atoms with E-state index in [-0.39, 0.29) is 0 Å². The number of nitrogens with zero attached hydrogens (tertiary/aromatic N) is 1. The number of halogens is 1. The van der Waals surface area contributed by atoms with Crippen molar-refractivity contribution in [1.29, 1.82) is 0 Å². The van der Waals surface area contributed by atoms with Gasteiger partial charge < -0.3 is 5.73 Å². The second-order valence-corrected chi connectivity index (χ2v) is 4.89. The molecule has 1 aromatic carbocycles. The second-order valence-electron chi connectivity index (χ2n) is 3.92. The summed E-state index contributed by atoms with van der Waals surface area (Å²) < 4.78 is 0. The van der Waals surface area contributed by atoms with Crippen LogP contribution < -0.4 is 5.73 Å². The van der Waals surface area contributed by atoms with E-state index >= 15 is 0 Å². The lowest BCUT2D eigenvalue weighted by atomic mass is 10.1. The number of benzene rings is 1. The number of nitrogens with two attached hydrogens (primary N) is 1. The maximum atomic E-state index is 5.85. The van der Waals surface area contributed by atoms with Crippen molar-refractivity contribution in [2.45, 2.75) is 19.4 Å². The van der Waals surface area contributed by atoms with E-state index in [1.54, 1.807) is 0 Å². The van der Waals surface area contributed by atoms with Crippen molar-refractivity contribution >= 4 is 28.8 Å². The van der Waals surface area contributed by atoms with E-state index in [2.05, 4.69) is 18.9 Å². The molecule has 16 heavy (non-hydrogen) atoms. The minimum atomic E-state index is 0.339. The minimum absolute atomic E-state index is 0.339. The largest absolute Gasteiger partial charge is 0.393 e. The summed E-state index contributed by atoms with van der Waals surface area (Å²) in [5, 5.41) is 0.765. The smallest absolute Gasteiger partial charge is 0.0740 e. The van der Waals surface area contributed by atoms with Gasteiger partial charge in [-0.25, -0.2) is 0 Å². The van der Waals surface area contributed by atoms with Crippen LogP contribution in [0.4, 0.5) is 0 Å². The van der Waals surface area contributed by atoms with Crippen LogP contribution in [0.15, 0.2) is 24.3 Å². The average Bonchev–Trinajstić information content (AvgIpc) is 2.26. The fourth-order valence-electron chi connectivity index (χ4n) is 1.48. The SMILES string of the molecule is CC(c1ccc(Cl)cc1)N(C)CCC(N)=S. The zero-order chi connectivity index (χ0) is 12.1. The van der Waals surface area contributed by atoms with Gasteiger partial charge in [0.25, 0.3) is 0 Å². The summed E-state index contributed by atoms with van der Waals surface area (Å²) in [6.07, 6.45) is 0.754. The first-order chi connectivity index (χ1) is 7.50. The van der Waals surface area contributed by atoms with Gasteiger partial charge in [-0.1, -0.05) is 36.0 Å². The van der Waals surface area contributed by atoms with E-state index in [1.165, 1.54) is 5.56 Å². The molecule has 0 spiro atoms. The molecule has 0 amide bonds. The molecule has 88 valence electrons. The second kappa shape index (κ2) is 6.18. The molecule has 0 heterocycles. The zero-order valence-corrected chi connectivity index (χ0v) is 11.2. The molecule has 1 atom stereocenters.